The highest BCUT2D eigenvalue weighted by Crippen LogP contribution is 2.52. The summed E-state index contributed by atoms with van der Waals surface area (Å²) in [7, 11) is 0. The summed E-state index contributed by atoms with van der Waals surface area (Å²) in [5.74, 6) is -0.198. The number of aliphatic hydroxyl groups is 4. The highest BCUT2D eigenvalue weighted by atomic mass is 16.4. The van der Waals surface area contributed by atoms with Gasteiger partial charge in [0.1, 0.15) is 0 Å². The summed E-state index contributed by atoms with van der Waals surface area (Å²) >= 11 is 0. The number of hydrogen-bond acceptors (Lipinski definition) is 4. The third-order valence-corrected chi connectivity index (χ3v) is 6.69. The third kappa shape index (κ3) is 3.46. The maximum Gasteiger partial charge on any atom is 0.0989 e. The molecular weight excluding hydrogens is 292 g/mol. The van der Waals surface area contributed by atoms with Crippen LogP contribution in [0.2, 0.25) is 0 Å². The Morgan fingerprint density at radius 3 is 2.22 bits per heavy atom. The fourth-order valence-electron chi connectivity index (χ4n) is 5.23. The van der Waals surface area contributed by atoms with Gasteiger partial charge in [0.25, 0.3) is 0 Å². The van der Waals surface area contributed by atoms with E-state index in [0.717, 1.165) is 38.5 Å². The average molecular weight is 328 g/mol. The molecule has 0 bridgehead atoms. The second kappa shape index (κ2) is 7.38. The van der Waals surface area contributed by atoms with Gasteiger partial charge in [-0.05, 0) is 51.4 Å². The van der Waals surface area contributed by atoms with Gasteiger partial charge in [-0.1, -0.05) is 33.1 Å². The largest absolute Gasteiger partial charge is 0.393 e. The third-order valence-electron chi connectivity index (χ3n) is 6.69. The summed E-state index contributed by atoms with van der Waals surface area (Å²) in [6.45, 7) is 5.80. The fourth-order valence-corrected chi connectivity index (χ4v) is 5.23. The van der Waals surface area contributed by atoms with Crippen LogP contribution >= 0.6 is 0 Å². The lowest BCUT2D eigenvalue weighted by Gasteiger charge is -2.56. The van der Waals surface area contributed by atoms with Crippen molar-refractivity contribution in [2.24, 2.45) is 17.8 Å². The molecule has 7 unspecified atom stereocenters. The van der Waals surface area contributed by atoms with E-state index in [-0.39, 0.29) is 11.8 Å². The standard InChI is InChI=1S/C19H36O4/c1-4-17(21)16-12-13(2)9-11-19(16,23)18(22)10-7-5-6-8-15(18)14(3)20/h13-17,20-23H,4-12H2,1-3H3. The summed E-state index contributed by atoms with van der Waals surface area (Å²) in [6, 6.07) is 0. The van der Waals surface area contributed by atoms with Crippen molar-refractivity contribution < 1.29 is 20.4 Å². The fraction of sp³-hybridized carbons (Fsp3) is 1.00. The molecule has 0 saturated heterocycles. The van der Waals surface area contributed by atoms with E-state index in [1.165, 1.54) is 0 Å². The minimum atomic E-state index is -1.31. The van der Waals surface area contributed by atoms with Gasteiger partial charge in [0.2, 0.25) is 0 Å². The summed E-state index contributed by atoms with van der Waals surface area (Å²) in [5, 5.41) is 44.1. The Kier molecular flexibility index (Phi) is 6.15. The average Bonchev–Trinajstić information content (AvgIpc) is 2.72. The molecule has 136 valence electrons. The molecule has 23 heavy (non-hydrogen) atoms. The second-order valence-corrected chi connectivity index (χ2v) is 8.26. The normalized spacial score (nSPS) is 45.3. The molecule has 0 heterocycles. The van der Waals surface area contributed by atoms with Gasteiger partial charge >= 0.3 is 0 Å². The molecule has 0 amide bonds. The number of aliphatic hydroxyl groups excluding tert-OH is 2. The van der Waals surface area contributed by atoms with E-state index in [1.807, 2.05) is 6.92 Å². The molecule has 0 aliphatic heterocycles. The van der Waals surface area contributed by atoms with E-state index in [1.54, 1.807) is 6.92 Å². The smallest absolute Gasteiger partial charge is 0.0989 e. The van der Waals surface area contributed by atoms with Gasteiger partial charge in [-0.3, -0.25) is 0 Å². The molecule has 2 aliphatic rings. The maximum absolute atomic E-state index is 11.7. The van der Waals surface area contributed by atoms with Crippen LogP contribution in [0.25, 0.3) is 0 Å². The first-order valence-electron chi connectivity index (χ1n) is 9.57. The zero-order chi connectivity index (χ0) is 17.3. The van der Waals surface area contributed by atoms with E-state index in [4.69, 9.17) is 0 Å². The molecule has 4 heteroatoms. The van der Waals surface area contributed by atoms with E-state index >= 15 is 0 Å². The van der Waals surface area contributed by atoms with Gasteiger partial charge in [0.05, 0.1) is 23.4 Å². The highest BCUT2D eigenvalue weighted by molar-refractivity contribution is 5.11. The first-order chi connectivity index (χ1) is 10.8. The van der Waals surface area contributed by atoms with E-state index in [0.29, 0.717) is 25.2 Å². The van der Waals surface area contributed by atoms with Crippen molar-refractivity contribution in [1.29, 1.82) is 0 Å². The van der Waals surface area contributed by atoms with Gasteiger partial charge in [0.15, 0.2) is 0 Å². The lowest BCUT2D eigenvalue weighted by atomic mass is 9.56. The van der Waals surface area contributed by atoms with Crippen molar-refractivity contribution >= 4 is 0 Å². The Balaban J connectivity index is 2.42. The highest BCUT2D eigenvalue weighted by Gasteiger charge is 2.60. The molecule has 0 aromatic heterocycles. The summed E-state index contributed by atoms with van der Waals surface area (Å²) in [6.07, 6.45) is 5.55. The van der Waals surface area contributed by atoms with Crippen LogP contribution in [-0.4, -0.2) is 43.8 Å². The van der Waals surface area contributed by atoms with Crippen molar-refractivity contribution in [2.75, 3.05) is 0 Å². The summed E-state index contributed by atoms with van der Waals surface area (Å²) in [4.78, 5) is 0. The Morgan fingerprint density at radius 2 is 1.61 bits per heavy atom. The van der Waals surface area contributed by atoms with Crippen LogP contribution in [0, 0.1) is 17.8 Å². The van der Waals surface area contributed by atoms with E-state index < -0.39 is 23.4 Å². The topological polar surface area (TPSA) is 80.9 Å². The van der Waals surface area contributed by atoms with Crippen molar-refractivity contribution in [1.82, 2.24) is 0 Å². The molecule has 7 atom stereocenters. The zero-order valence-electron chi connectivity index (χ0n) is 15.0. The van der Waals surface area contributed by atoms with Gasteiger partial charge in [0, 0.05) is 11.8 Å². The molecule has 0 spiro atoms. The second-order valence-electron chi connectivity index (χ2n) is 8.26. The van der Waals surface area contributed by atoms with Gasteiger partial charge in [-0.15, -0.1) is 0 Å². The zero-order valence-corrected chi connectivity index (χ0v) is 15.0. The number of rotatable bonds is 4. The molecule has 2 rings (SSSR count). The number of hydrogen-bond donors (Lipinski definition) is 4. The maximum atomic E-state index is 11.7. The van der Waals surface area contributed by atoms with Crippen molar-refractivity contribution in [2.45, 2.75) is 102 Å². The quantitative estimate of drug-likeness (QED) is 0.598. The summed E-state index contributed by atoms with van der Waals surface area (Å²) in [5.41, 5.74) is -2.61. The van der Waals surface area contributed by atoms with Crippen molar-refractivity contribution in [3.05, 3.63) is 0 Å². The van der Waals surface area contributed by atoms with Crippen LogP contribution in [-0.2, 0) is 0 Å². The van der Waals surface area contributed by atoms with Gasteiger partial charge in [-0.2, -0.15) is 0 Å². The summed E-state index contributed by atoms with van der Waals surface area (Å²) < 4.78 is 0. The lowest BCUT2D eigenvalue weighted by molar-refractivity contribution is -0.252. The Labute approximate surface area is 140 Å². The molecular formula is C19H36O4. The Bertz CT molecular complexity index is 386. The molecule has 0 radical (unpaired) electrons. The predicted octanol–water partition coefficient (Wildman–Crippen LogP) is 2.62. The van der Waals surface area contributed by atoms with Crippen LogP contribution in [0.15, 0.2) is 0 Å². The van der Waals surface area contributed by atoms with Gasteiger partial charge < -0.3 is 20.4 Å². The monoisotopic (exact) mass is 328 g/mol. The molecule has 0 aromatic rings. The van der Waals surface area contributed by atoms with Crippen molar-refractivity contribution in [3.8, 4) is 0 Å². The molecule has 4 nitrogen and oxygen atoms in total. The van der Waals surface area contributed by atoms with Crippen LogP contribution in [0.5, 0.6) is 0 Å². The van der Waals surface area contributed by atoms with Crippen LogP contribution in [0.3, 0.4) is 0 Å². The van der Waals surface area contributed by atoms with Crippen LogP contribution in [0.1, 0.15) is 78.6 Å². The predicted molar refractivity (Wildman–Crippen MR) is 91.0 cm³/mol. The molecule has 2 aliphatic carbocycles. The van der Waals surface area contributed by atoms with Crippen molar-refractivity contribution in [3.63, 3.8) is 0 Å². The molecule has 2 fully saturated rings. The lowest BCUT2D eigenvalue weighted by Crippen LogP contribution is -2.67. The first-order valence-corrected chi connectivity index (χ1v) is 9.57. The minimum Gasteiger partial charge on any atom is -0.393 e. The van der Waals surface area contributed by atoms with Crippen LogP contribution in [0.4, 0.5) is 0 Å². The molecule has 4 N–H and O–H groups in total. The molecule has 0 aromatic carbocycles. The minimum absolute atomic E-state index is 0.319. The van der Waals surface area contributed by atoms with Gasteiger partial charge in [-0.25, -0.2) is 0 Å². The Morgan fingerprint density at radius 1 is 0.957 bits per heavy atom. The molecule has 2 saturated carbocycles. The first kappa shape index (κ1) is 19.2. The SMILES string of the molecule is CCC(O)C1CC(C)CCC1(O)C1(O)CCCCCC1C(C)O. The van der Waals surface area contributed by atoms with E-state index in [9.17, 15) is 20.4 Å². The van der Waals surface area contributed by atoms with E-state index in [2.05, 4.69) is 6.92 Å². The Hall–Kier alpha value is -0.160. The van der Waals surface area contributed by atoms with Crippen LogP contribution < -0.4 is 0 Å².